The van der Waals surface area contributed by atoms with Crippen molar-refractivity contribution in [2.45, 2.75) is 12.5 Å². The molecule has 1 aromatic carbocycles. The van der Waals surface area contributed by atoms with Crippen molar-refractivity contribution < 1.29 is 14.3 Å². The first-order chi connectivity index (χ1) is 13.7. The van der Waals surface area contributed by atoms with Crippen LogP contribution in [0.3, 0.4) is 0 Å². The van der Waals surface area contributed by atoms with Gasteiger partial charge in [-0.15, -0.1) is 0 Å². The summed E-state index contributed by atoms with van der Waals surface area (Å²) in [5.41, 5.74) is 2.73. The lowest BCUT2D eigenvalue weighted by Crippen LogP contribution is -2.44. The van der Waals surface area contributed by atoms with E-state index in [1.165, 1.54) is 0 Å². The van der Waals surface area contributed by atoms with E-state index in [2.05, 4.69) is 20.1 Å². The second-order valence-electron chi connectivity index (χ2n) is 7.02. The molecule has 7 nitrogen and oxygen atoms in total. The van der Waals surface area contributed by atoms with Crippen LogP contribution in [0.5, 0.6) is 0 Å². The standard InChI is InChI=1S/C21H18N4O3/c26-21(27)16-5-2-1-4-15(16)18-8-7-14(28-18)12-25-10-13(11-25)19-17-6-3-9-22-20(17)24-23-19/h1-9,13H,10-12H2,(H,26,27)(H,22,23,24). The number of furan rings is 1. The summed E-state index contributed by atoms with van der Waals surface area (Å²) in [5.74, 6) is 0.845. The van der Waals surface area contributed by atoms with Gasteiger partial charge in [-0.3, -0.25) is 10.00 Å². The molecule has 140 valence electrons. The van der Waals surface area contributed by atoms with Crippen LogP contribution >= 0.6 is 0 Å². The zero-order chi connectivity index (χ0) is 19.1. The van der Waals surface area contributed by atoms with E-state index in [1.54, 1.807) is 24.4 Å². The Bertz CT molecular complexity index is 1160. The number of hydrogen-bond acceptors (Lipinski definition) is 5. The third kappa shape index (κ3) is 2.86. The molecule has 0 amide bonds. The molecule has 3 aromatic heterocycles. The Morgan fingerprint density at radius 2 is 2.04 bits per heavy atom. The van der Waals surface area contributed by atoms with E-state index in [-0.39, 0.29) is 5.56 Å². The average molecular weight is 374 g/mol. The summed E-state index contributed by atoms with van der Waals surface area (Å²) in [7, 11) is 0. The molecule has 7 heteroatoms. The summed E-state index contributed by atoms with van der Waals surface area (Å²) in [6.07, 6.45) is 1.75. The minimum Gasteiger partial charge on any atom is -0.478 e. The van der Waals surface area contributed by atoms with Gasteiger partial charge in [-0.05, 0) is 30.3 Å². The van der Waals surface area contributed by atoms with Crippen LogP contribution in [0, 0.1) is 0 Å². The highest BCUT2D eigenvalue weighted by Gasteiger charge is 2.31. The monoisotopic (exact) mass is 374 g/mol. The smallest absolute Gasteiger partial charge is 0.336 e. The molecule has 0 unspecified atom stereocenters. The van der Waals surface area contributed by atoms with E-state index in [1.807, 2.05) is 30.3 Å². The van der Waals surface area contributed by atoms with Gasteiger partial charge in [-0.1, -0.05) is 18.2 Å². The highest BCUT2D eigenvalue weighted by Crippen LogP contribution is 2.32. The first-order valence-electron chi connectivity index (χ1n) is 9.12. The van der Waals surface area contributed by atoms with Crippen molar-refractivity contribution in [3.63, 3.8) is 0 Å². The largest absolute Gasteiger partial charge is 0.478 e. The van der Waals surface area contributed by atoms with Crippen LogP contribution in [0.2, 0.25) is 0 Å². The molecule has 1 aliphatic rings. The number of aromatic carboxylic acids is 1. The van der Waals surface area contributed by atoms with Gasteiger partial charge in [0.2, 0.25) is 0 Å². The Kier molecular flexibility index (Phi) is 3.95. The van der Waals surface area contributed by atoms with Crippen molar-refractivity contribution in [2.75, 3.05) is 13.1 Å². The number of carboxylic acid groups (broad SMARTS) is 1. The van der Waals surface area contributed by atoms with Crippen LogP contribution in [0.25, 0.3) is 22.4 Å². The molecule has 0 saturated carbocycles. The lowest BCUT2D eigenvalue weighted by atomic mass is 9.94. The van der Waals surface area contributed by atoms with Gasteiger partial charge in [0.1, 0.15) is 11.5 Å². The molecule has 0 spiro atoms. The molecule has 0 radical (unpaired) electrons. The Labute approximate surface area is 160 Å². The fourth-order valence-corrected chi connectivity index (χ4v) is 3.77. The van der Waals surface area contributed by atoms with Crippen LogP contribution in [0.1, 0.15) is 27.7 Å². The van der Waals surface area contributed by atoms with Gasteiger partial charge in [0.25, 0.3) is 0 Å². The van der Waals surface area contributed by atoms with Crippen LogP contribution < -0.4 is 0 Å². The van der Waals surface area contributed by atoms with Gasteiger partial charge in [0.15, 0.2) is 5.65 Å². The van der Waals surface area contributed by atoms with Gasteiger partial charge in [-0.2, -0.15) is 5.10 Å². The zero-order valence-corrected chi connectivity index (χ0v) is 15.0. The number of rotatable bonds is 5. The van der Waals surface area contributed by atoms with Gasteiger partial charge >= 0.3 is 5.97 Å². The lowest BCUT2D eigenvalue weighted by Gasteiger charge is -2.38. The molecular formula is C21H18N4O3. The second kappa shape index (κ2) is 6.61. The molecule has 0 bridgehead atoms. The third-order valence-corrected chi connectivity index (χ3v) is 5.19. The summed E-state index contributed by atoms with van der Waals surface area (Å²) in [6.45, 7) is 2.51. The maximum atomic E-state index is 11.4. The van der Waals surface area contributed by atoms with Gasteiger partial charge in [-0.25, -0.2) is 9.78 Å². The van der Waals surface area contributed by atoms with E-state index in [0.29, 0.717) is 23.8 Å². The third-order valence-electron chi connectivity index (χ3n) is 5.19. The number of likely N-dealkylation sites (tertiary alicyclic amines) is 1. The van der Waals surface area contributed by atoms with Crippen molar-refractivity contribution in [3.05, 3.63) is 71.7 Å². The van der Waals surface area contributed by atoms with E-state index < -0.39 is 5.97 Å². The molecule has 4 aromatic rings. The number of pyridine rings is 1. The molecule has 0 aliphatic carbocycles. The predicted octanol–water partition coefficient (Wildman–Crippen LogP) is 3.52. The molecule has 4 heterocycles. The van der Waals surface area contributed by atoms with E-state index in [0.717, 1.165) is 35.6 Å². The van der Waals surface area contributed by atoms with E-state index >= 15 is 0 Å². The first kappa shape index (κ1) is 16.7. The molecular weight excluding hydrogens is 356 g/mol. The Hall–Kier alpha value is -3.45. The van der Waals surface area contributed by atoms with E-state index in [4.69, 9.17) is 4.42 Å². The number of aromatic nitrogens is 3. The summed E-state index contributed by atoms with van der Waals surface area (Å²) in [4.78, 5) is 18.0. The number of benzene rings is 1. The predicted molar refractivity (Wildman–Crippen MR) is 103 cm³/mol. The lowest BCUT2D eigenvalue weighted by molar-refractivity contribution is 0.0697. The fourth-order valence-electron chi connectivity index (χ4n) is 3.77. The van der Waals surface area contributed by atoms with Crippen molar-refractivity contribution in [2.24, 2.45) is 0 Å². The highest BCUT2D eigenvalue weighted by atomic mass is 16.4. The number of nitrogens with one attached hydrogen (secondary N) is 1. The molecule has 1 saturated heterocycles. The van der Waals surface area contributed by atoms with Crippen molar-refractivity contribution in [1.82, 2.24) is 20.1 Å². The van der Waals surface area contributed by atoms with Crippen molar-refractivity contribution in [1.29, 1.82) is 0 Å². The summed E-state index contributed by atoms with van der Waals surface area (Å²) in [6, 6.07) is 14.6. The first-order valence-corrected chi connectivity index (χ1v) is 9.12. The molecule has 1 fully saturated rings. The minimum absolute atomic E-state index is 0.243. The maximum Gasteiger partial charge on any atom is 0.336 e. The van der Waals surface area contributed by atoms with Crippen LogP contribution in [-0.2, 0) is 6.54 Å². The number of fused-ring (bicyclic) bond motifs is 1. The van der Waals surface area contributed by atoms with Crippen LogP contribution in [-0.4, -0.2) is 44.2 Å². The maximum absolute atomic E-state index is 11.4. The number of carboxylic acids is 1. The van der Waals surface area contributed by atoms with Crippen LogP contribution in [0.4, 0.5) is 0 Å². The number of carbonyl (C=O) groups is 1. The van der Waals surface area contributed by atoms with Gasteiger partial charge in [0.05, 0.1) is 17.8 Å². The Morgan fingerprint density at radius 1 is 1.18 bits per heavy atom. The van der Waals surface area contributed by atoms with Crippen molar-refractivity contribution >= 4 is 17.0 Å². The molecule has 5 rings (SSSR count). The topological polar surface area (TPSA) is 95.2 Å². The normalized spacial score (nSPS) is 15.0. The summed E-state index contributed by atoms with van der Waals surface area (Å²) >= 11 is 0. The number of H-pyrrole nitrogens is 1. The quantitative estimate of drug-likeness (QED) is 0.555. The summed E-state index contributed by atoms with van der Waals surface area (Å²) < 4.78 is 5.93. The Balaban J connectivity index is 1.27. The number of aromatic amines is 1. The number of hydrogen-bond donors (Lipinski definition) is 2. The molecule has 1 aliphatic heterocycles. The van der Waals surface area contributed by atoms with Crippen molar-refractivity contribution in [3.8, 4) is 11.3 Å². The van der Waals surface area contributed by atoms with Crippen LogP contribution in [0.15, 0.2) is 59.1 Å². The fraction of sp³-hybridized carbons (Fsp3) is 0.190. The Morgan fingerprint density at radius 3 is 2.89 bits per heavy atom. The number of nitrogens with zero attached hydrogens (tertiary/aromatic N) is 3. The highest BCUT2D eigenvalue weighted by molar-refractivity contribution is 5.95. The second-order valence-corrected chi connectivity index (χ2v) is 7.02. The SMILES string of the molecule is O=C(O)c1ccccc1-c1ccc(CN2CC(c3[nH]nc4ncccc34)C2)o1. The van der Waals surface area contributed by atoms with Gasteiger partial charge < -0.3 is 9.52 Å². The molecule has 28 heavy (non-hydrogen) atoms. The summed E-state index contributed by atoms with van der Waals surface area (Å²) in [5, 5.41) is 17.8. The molecule has 2 N–H and O–H groups in total. The minimum atomic E-state index is -0.958. The average Bonchev–Trinajstić information content (AvgIpc) is 3.31. The van der Waals surface area contributed by atoms with E-state index in [9.17, 15) is 9.90 Å². The van der Waals surface area contributed by atoms with Gasteiger partial charge in [0, 0.05) is 36.2 Å². The zero-order valence-electron chi connectivity index (χ0n) is 15.0. The molecule has 0 atom stereocenters.